The summed E-state index contributed by atoms with van der Waals surface area (Å²) in [7, 11) is 0. The molecular formula is C37H24N2S+2. The Morgan fingerprint density at radius 2 is 1.38 bits per heavy atom. The number of pyridine rings is 2. The van der Waals surface area contributed by atoms with Crippen LogP contribution in [0.4, 0.5) is 0 Å². The van der Waals surface area contributed by atoms with Crippen LogP contribution in [-0.4, -0.2) is 0 Å². The van der Waals surface area contributed by atoms with Gasteiger partial charge in [0.15, 0.2) is 25.5 Å². The lowest BCUT2D eigenvalue weighted by Crippen LogP contribution is -2.59. The number of rotatable bonds is 1. The highest BCUT2D eigenvalue weighted by Gasteiger charge is 2.52. The first kappa shape index (κ1) is 21.2. The lowest BCUT2D eigenvalue weighted by atomic mass is 9.67. The van der Waals surface area contributed by atoms with Crippen molar-refractivity contribution in [3.05, 3.63) is 133 Å². The van der Waals surface area contributed by atoms with E-state index in [1.165, 1.54) is 75.4 Å². The Bertz CT molecular complexity index is 2330. The Kier molecular flexibility index (Phi) is 3.89. The van der Waals surface area contributed by atoms with Gasteiger partial charge in [-0.15, -0.1) is 11.3 Å². The van der Waals surface area contributed by atoms with Gasteiger partial charge in [-0.05, 0) is 52.4 Å². The summed E-state index contributed by atoms with van der Waals surface area (Å²) in [5.74, 6) is 0. The highest BCUT2D eigenvalue weighted by molar-refractivity contribution is 7.26. The number of hydrogen-bond donors (Lipinski definition) is 0. The minimum atomic E-state index is -0.177. The maximum atomic E-state index is 2.56. The van der Waals surface area contributed by atoms with Crippen molar-refractivity contribution in [3.8, 4) is 22.4 Å². The van der Waals surface area contributed by atoms with E-state index in [1.54, 1.807) is 0 Å². The monoisotopic (exact) mass is 528 g/mol. The second kappa shape index (κ2) is 7.32. The molecule has 2 nitrogen and oxygen atoms in total. The molecule has 1 atom stereocenters. The van der Waals surface area contributed by atoms with Gasteiger partial charge in [-0.2, -0.15) is 9.13 Å². The second-order valence-electron chi connectivity index (χ2n) is 11.5. The SMILES string of the molecule is c1ccc(-c2ccc3[n+](c2)CC2(C[n+]4cccc5c6cccc7sc8ccc2c(c8c76)c54)c2ccccc2-3)cc1. The number of benzene rings is 5. The molecule has 10 rings (SSSR count). The van der Waals surface area contributed by atoms with Crippen LogP contribution in [0.3, 0.4) is 0 Å². The van der Waals surface area contributed by atoms with Gasteiger partial charge in [-0.1, -0.05) is 66.7 Å². The molecule has 0 bridgehead atoms. The first-order valence-corrected chi connectivity index (χ1v) is 14.8. The molecule has 2 aliphatic rings. The van der Waals surface area contributed by atoms with E-state index in [-0.39, 0.29) is 5.41 Å². The van der Waals surface area contributed by atoms with E-state index < -0.39 is 0 Å². The molecule has 2 aliphatic heterocycles. The van der Waals surface area contributed by atoms with Gasteiger partial charge in [0.1, 0.15) is 5.41 Å². The molecule has 0 aliphatic carbocycles. The number of fused-ring (bicyclic) bond motifs is 6. The molecule has 0 saturated heterocycles. The summed E-state index contributed by atoms with van der Waals surface area (Å²) in [6.45, 7) is 1.83. The number of aromatic nitrogens is 2. The quantitative estimate of drug-likeness (QED) is 0.151. The maximum Gasteiger partial charge on any atom is 0.221 e. The Morgan fingerprint density at radius 3 is 2.33 bits per heavy atom. The van der Waals surface area contributed by atoms with Crippen molar-refractivity contribution in [2.75, 3.05) is 0 Å². The van der Waals surface area contributed by atoms with Crippen molar-refractivity contribution in [1.29, 1.82) is 0 Å². The summed E-state index contributed by atoms with van der Waals surface area (Å²) in [6, 6.07) is 40.8. The van der Waals surface area contributed by atoms with Crippen LogP contribution in [0.2, 0.25) is 0 Å². The molecule has 0 saturated carbocycles. The van der Waals surface area contributed by atoms with Crippen molar-refractivity contribution >= 4 is 53.2 Å². The van der Waals surface area contributed by atoms with E-state index in [1.807, 2.05) is 11.3 Å². The molecule has 0 fully saturated rings. The van der Waals surface area contributed by atoms with Crippen molar-refractivity contribution in [2.24, 2.45) is 0 Å². The first-order valence-electron chi connectivity index (χ1n) is 14.0. The first-order chi connectivity index (χ1) is 19.8. The van der Waals surface area contributed by atoms with Crippen LogP contribution in [0.25, 0.3) is 64.2 Å². The van der Waals surface area contributed by atoms with Crippen LogP contribution in [0, 0.1) is 0 Å². The van der Waals surface area contributed by atoms with E-state index in [0.29, 0.717) is 0 Å². The van der Waals surface area contributed by atoms with Crippen LogP contribution < -0.4 is 9.13 Å². The summed E-state index contributed by atoms with van der Waals surface area (Å²) >= 11 is 1.93. The van der Waals surface area contributed by atoms with E-state index in [4.69, 9.17) is 0 Å². The molecule has 5 aromatic carbocycles. The van der Waals surface area contributed by atoms with E-state index >= 15 is 0 Å². The maximum absolute atomic E-state index is 2.56. The third-order valence-electron chi connectivity index (χ3n) is 9.51. The van der Waals surface area contributed by atoms with Crippen molar-refractivity contribution < 1.29 is 9.13 Å². The highest BCUT2D eigenvalue weighted by atomic mass is 32.1. The summed E-state index contributed by atoms with van der Waals surface area (Å²) in [4.78, 5) is 0. The third kappa shape index (κ3) is 2.50. The molecule has 5 heterocycles. The fourth-order valence-corrected chi connectivity index (χ4v) is 9.06. The van der Waals surface area contributed by atoms with E-state index in [0.717, 1.165) is 13.1 Å². The highest BCUT2D eigenvalue weighted by Crippen LogP contribution is 2.52. The predicted molar refractivity (Wildman–Crippen MR) is 164 cm³/mol. The number of thiophene rings is 1. The van der Waals surface area contributed by atoms with Crippen LogP contribution in [0.15, 0.2) is 122 Å². The van der Waals surface area contributed by atoms with Gasteiger partial charge in [0.05, 0.1) is 16.3 Å². The lowest BCUT2D eigenvalue weighted by molar-refractivity contribution is -0.725. The Labute approximate surface area is 235 Å². The molecule has 0 radical (unpaired) electrons. The van der Waals surface area contributed by atoms with Crippen LogP contribution in [0.1, 0.15) is 11.1 Å². The molecule has 1 unspecified atom stereocenters. The molecule has 186 valence electrons. The summed E-state index contributed by atoms with van der Waals surface area (Å²) in [5.41, 5.74) is 9.27. The zero-order valence-electron chi connectivity index (χ0n) is 21.8. The summed E-state index contributed by atoms with van der Waals surface area (Å²) in [6.07, 6.45) is 4.68. The molecule has 0 amide bonds. The lowest BCUT2D eigenvalue weighted by Gasteiger charge is -2.37. The summed E-state index contributed by atoms with van der Waals surface area (Å²) < 4.78 is 7.86. The van der Waals surface area contributed by atoms with Crippen molar-refractivity contribution in [2.45, 2.75) is 18.5 Å². The topological polar surface area (TPSA) is 7.76 Å². The van der Waals surface area contributed by atoms with Gasteiger partial charge >= 0.3 is 0 Å². The Hall–Kier alpha value is -4.60. The Morgan fingerprint density at radius 1 is 0.550 bits per heavy atom. The molecular weight excluding hydrogens is 504 g/mol. The van der Waals surface area contributed by atoms with Gasteiger partial charge in [-0.25, -0.2) is 0 Å². The van der Waals surface area contributed by atoms with Gasteiger partial charge in [0.2, 0.25) is 11.2 Å². The Balaban J connectivity index is 1.34. The van der Waals surface area contributed by atoms with E-state index in [9.17, 15) is 0 Å². The third-order valence-corrected chi connectivity index (χ3v) is 10.6. The van der Waals surface area contributed by atoms with Crippen molar-refractivity contribution in [1.82, 2.24) is 0 Å². The minimum Gasteiger partial charge on any atom is -0.196 e. The second-order valence-corrected chi connectivity index (χ2v) is 12.5. The minimum absolute atomic E-state index is 0.177. The zero-order valence-corrected chi connectivity index (χ0v) is 22.6. The smallest absolute Gasteiger partial charge is 0.196 e. The van der Waals surface area contributed by atoms with Gasteiger partial charge in [0.25, 0.3) is 0 Å². The summed E-state index contributed by atoms with van der Waals surface area (Å²) in [5, 5.41) is 7.08. The molecule has 40 heavy (non-hydrogen) atoms. The standard InChI is InChI=1S/C37H24N2S/c1-2-8-23(9-3-1)24-15-17-30-27-10-4-5-13-28(27)37(22-39(30)20-24)21-38-19-7-12-26-25-11-6-14-31-33(25)35-32(40-31)18-16-29(37)34(35)36(26)38/h1-20H,21-22H2/q+2. The fraction of sp³-hybridized carbons (Fsp3) is 0.0811. The zero-order chi connectivity index (χ0) is 26.0. The van der Waals surface area contributed by atoms with E-state index in [2.05, 4.69) is 131 Å². The molecule has 3 aromatic heterocycles. The molecule has 0 N–H and O–H groups in total. The van der Waals surface area contributed by atoms with Crippen LogP contribution >= 0.6 is 11.3 Å². The molecule has 3 heteroatoms. The largest absolute Gasteiger partial charge is 0.221 e. The van der Waals surface area contributed by atoms with Gasteiger partial charge in [-0.3, -0.25) is 0 Å². The van der Waals surface area contributed by atoms with Crippen LogP contribution in [0.5, 0.6) is 0 Å². The van der Waals surface area contributed by atoms with Crippen molar-refractivity contribution in [3.63, 3.8) is 0 Å². The van der Waals surface area contributed by atoms with Crippen LogP contribution in [-0.2, 0) is 18.5 Å². The number of hydrogen-bond acceptors (Lipinski definition) is 1. The average molecular weight is 529 g/mol. The van der Waals surface area contributed by atoms with Gasteiger partial charge in [0, 0.05) is 37.9 Å². The molecule has 1 spiro atoms. The fourth-order valence-electron chi connectivity index (χ4n) is 7.92. The van der Waals surface area contributed by atoms with Gasteiger partial charge < -0.3 is 0 Å². The normalized spacial score (nSPS) is 17.4. The predicted octanol–water partition coefficient (Wildman–Crippen LogP) is 8.02. The average Bonchev–Trinajstić information content (AvgIpc) is 3.40. The molecule has 8 aromatic rings. The number of nitrogens with zero attached hydrogens (tertiary/aromatic N) is 2.